The fraction of sp³-hybridized carbons (Fsp3) is 0.455. The quantitative estimate of drug-likeness (QED) is 0.454. The molecule has 0 aromatic rings. The number of aliphatic imine (C=N–C) groups is 1. The van der Waals surface area contributed by atoms with Gasteiger partial charge in [0.05, 0.1) is 5.92 Å². The van der Waals surface area contributed by atoms with Crippen LogP contribution in [0.15, 0.2) is 28.9 Å². The minimum atomic E-state index is -0.546. The van der Waals surface area contributed by atoms with Crippen LogP contribution in [0.25, 0.3) is 0 Å². The maximum atomic E-state index is 11.5. The smallest absolute Gasteiger partial charge is 0.346 e. The van der Waals surface area contributed by atoms with Crippen LogP contribution in [0.5, 0.6) is 0 Å². The second-order valence-corrected chi connectivity index (χ2v) is 3.81. The molecule has 0 aromatic carbocycles. The van der Waals surface area contributed by atoms with E-state index in [-0.39, 0.29) is 18.2 Å². The van der Waals surface area contributed by atoms with E-state index in [4.69, 9.17) is 0 Å². The molecule has 0 radical (unpaired) electrons. The highest BCUT2D eigenvalue weighted by Crippen LogP contribution is 2.14. The Morgan fingerprint density at radius 1 is 1.71 bits per heavy atom. The fourth-order valence-electron chi connectivity index (χ4n) is 1.36. The molecule has 0 aromatic heterocycles. The maximum Gasteiger partial charge on any atom is 0.346 e. The van der Waals surface area contributed by atoms with E-state index in [0.29, 0.717) is 6.54 Å². The first kappa shape index (κ1) is 13.1. The lowest BCUT2D eigenvalue weighted by molar-refractivity contribution is -0.355. The van der Waals surface area contributed by atoms with Crippen molar-refractivity contribution in [3.05, 3.63) is 34.0 Å². The molecule has 1 heterocycles. The molecule has 1 atom stereocenters. The van der Waals surface area contributed by atoms with Crippen molar-refractivity contribution in [2.75, 3.05) is 6.54 Å². The number of amidine groups is 1. The molecule has 1 aliphatic heterocycles. The number of carbonyl (C=O) groups excluding carboxylic acids is 1. The van der Waals surface area contributed by atoms with Crippen molar-refractivity contribution in [1.82, 2.24) is 5.32 Å². The molecule has 92 valence electrons. The summed E-state index contributed by atoms with van der Waals surface area (Å²) in [5.74, 6) is -0.892. The predicted molar refractivity (Wildman–Crippen MR) is 64.1 cm³/mol. The van der Waals surface area contributed by atoms with Crippen LogP contribution in [0.4, 0.5) is 0 Å². The van der Waals surface area contributed by atoms with Crippen LogP contribution in [0.2, 0.25) is 0 Å². The molecule has 1 amide bonds. The number of rotatable bonds is 4. The van der Waals surface area contributed by atoms with E-state index in [0.717, 1.165) is 5.57 Å². The molecule has 0 saturated carbocycles. The molecule has 1 unspecified atom stereocenters. The van der Waals surface area contributed by atoms with Crippen LogP contribution < -0.4 is 5.32 Å². The second kappa shape index (κ2) is 5.93. The van der Waals surface area contributed by atoms with Crippen molar-refractivity contribution < 1.29 is 9.72 Å². The van der Waals surface area contributed by atoms with Gasteiger partial charge in [-0.05, 0) is 24.8 Å². The van der Waals surface area contributed by atoms with Crippen LogP contribution in [-0.2, 0) is 4.79 Å². The highest BCUT2D eigenvalue weighted by atomic mass is 16.6. The van der Waals surface area contributed by atoms with Crippen molar-refractivity contribution >= 4 is 11.7 Å². The summed E-state index contributed by atoms with van der Waals surface area (Å²) in [5, 5.41) is 13.3. The van der Waals surface area contributed by atoms with E-state index in [1.54, 1.807) is 6.08 Å². The summed E-state index contributed by atoms with van der Waals surface area (Å²) in [6.45, 7) is 4.26. The third-order valence-electron chi connectivity index (χ3n) is 2.51. The Morgan fingerprint density at radius 2 is 2.41 bits per heavy atom. The van der Waals surface area contributed by atoms with Crippen LogP contribution in [-0.4, -0.2) is 23.2 Å². The molecule has 1 N–H and O–H groups in total. The number of hydrogen-bond acceptors (Lipinski definition) is 4. The minimum absolute atomic E-state index is 0.0628. The van der Waals surface area contributed by atoms with E-state index in [1.807, 2.05) is 19.9 Å². The first-order valence-electron chi connectivity index (χ1n) is 5.31. The Labute approximate surface area is 99.3 Å². The fourth-order valence-corrected chi connectivity index (χ4v) is 1.36. The number of amides is 1. The summed E-state index contributed by atoms with van der Waals surface area (Å²) < 4.78 is 0. The molecule has 0 fully saturated rings. The molecule has 6 heteroatoms. The highest BCUT2D eigenvalue weighted by molar-refractivity contribution is 5.87. The summed E-state index contributed by atoms with van der Waals surface area (Å²) in [6.07, 6.45) is 4.90. The molecule has 1 rings (SSSR count). The van der Waals surface area contributed by atoms with Gasteiger partial charge in [-0.25, -0.2) is 0 Å². The zero-order valence-corrected chi connectivity index (χ0v) is 9.84. The number of nitrogens with one attached hydrogen (secondary N) is 1. The summed E-state index contributed by atoms with van der Waals surface area (Å²) in [7, 11) is 0. The number of hydrogen-bond donors (Lipinski definition) is 1. The van der Waals surface area contributed by atoms with Crippen LogP contribution in [0.1, 0.15) is 20.3 Å². The van der Waals surface area contributed by atoms with Crippen molar-refractivity contribution in [3.8, 4) is 0 Å². The SMILES string of the molecule is CC=C(C)CNC(=O)CC1C=CN=C1[N+](=O)[O-]. The van der Waals surface area contributed by atoms with Gasteiger partial charge in [0.1, 0.15) is 6.20 Å². The topological polar surface area (TPSA) is 84.6 Å². The summed E-state index contributed by atoms with van der Waals surface area (Å²) >= 11 is 0. The summed E-state index contributed by atoms with van der Waals surface area (Å²) in [5.41, 5.74) is 1.04. The van der Waals surface area contributed by atoms with E-state index in [9.17, 15) is 14.9 Å². The van der Waals surface area contributed by atoms with Gasteiger partial charge in [-0.15, -0.1) is 0 Å². The van der Waals surface area contributed by atoms with Gasteiger partial charge in [-0.2, -0.15) is 0 Å². The molecule has 17 heavy (non-hydrogen) atoms. The Hall–Kier alpha value is -1.98. The number of allylic oxidation sites excluding steroid dienone is 1. The van der Waals surface area contributed by atoms with Gasteiger partial charge in [0.2, 0.25) is 5.91 Å². The van der Waals surface area contributed by atoms with Crippen molar-refractivity contribution in [2.45, 2.75) is 20.3 Å². The average molecular weight is 237 g/mol. The molecule has 0 aliphatic carbocycles. The minimum Gasteiger partial charge on any atom is -0.358 e. The Kier molecular flexibility index (Phi) is 4.56. The zero-order chi connectivity index (χ0) is 12.8. The van der Waals surface area contributed by atoms with Crippen molar-refractivity contribution in [2.24, 2.45) is 10.9 Å². The maximum absolute atomic E-state index is 11.5. The second-order valence-electron chi connectivity index (χ2n) is 3.81. The molecular formula is C11H15N3O3. The average Bonchev–Trinajstić information content (AvgIpc) is 2.74. The van der Waals surface area contributed by atoms with E-state index >= 15 is 0 Å². The molecular weight excluding hydrogens is 222 g/mol. The van der Waals surface area contributed by atoms with Crippen LogP contribution in [0, 0.1) is 16.0 Å². The normalized spacial score (nSPS) is 19.1. The first-order chi connectivity index (χ1) is 8.04. The van der Waals surface area contributed by atoms with Gasteiger partial charge >= 0.3 is 5.84 Å². The first-order valence-corrected chi connectivity index (χ1v) is 5.31. The van der Waals surface area contributed by atoms with Gasteiger partial charge in [-0.3, -0.25) is 4.79 Å². The Balaban J connectivity index is 2.44. The van der Waals surface area contributed by atoms with Crippen molar-refractivity contribution in [3.63, 3.8) is 0 Å². The van der Waals surface area contributed by atoms with Crippen LogP contribution in [0.3, 0.4) is 0 Å². The number of nitro groups is 1. The van der Waals surface area contributed by atoms with E-state index < -0.39 is 10.8 Å². The molecule has 1 aliphatic rings. The number of nitrogens with zero attached hydrogens (tertiary/aromatic N) is 2. The monoisotopic (exact) mass is 237 g/mol. The summed E-state index contributed by atoms with van der Waals surface area (Å²) in [4.78, 5) is 25.2. The van der Waals surface area contributed by atoms with Crippen molar-refractivity contribution in [1.29, 1.82) is 0 Å². The van der Waals surface area contributed by atoms with Gasteiger partial charge in [-0.1, -0.05) is 16.6 Å². The standard InChI is InChI=1S/C11H15N3O3/c1-3-8(2)7-13-10(15)6-9-4-5-12-11(9)14(16)17/h3-5,9H,6-7H2,1-2H3,(H,13,15). The lowest BCUT2D eigenvalue weighted by atomic mass is 10.1. The third-order valence-corrected chi connectivity index (χ3v) is 2.51. The van der Waals surface area contributed by atoms with Gasteiger partial charge in [0.25, 0.3) is 0 Å². The third kappa shape index (κ3) is 3.82. The lowest BCUT2D eigenvalue weighted by Gasteiger charge is -2.08. The molecule has 6 nitrogen and oxygen atoms in total. The molecule has 0 bridgehead atoms. The van der Waals surface area contributed by atoms with Gasteiger partial charge in [0, 0.05) is 13.0 Å². The predicted octanol–water partition coefficient (Wildman–Crippen LogP) is 1.28. The Bertz CT molecular complexity index is 410. The van der Waals surface area contributed by atoms with Crippen LogP contribution >= 0.6 is 0 Å². The van der Waals surface area contributed by atoms with Gasteiger partial charge < -0.3 is 15.4 Å². The lowest BCUT2D eigenvalue weighted by Crippen LogP contribution is -2.30. The molecule has 0 saturated heterocycles. The van der Waals surface area contributed by atoms with E-state index in [1.165, 1.54) is 6.20 Å². The summed E-state index contributed by atoms with van der Waals surface area (Å²) in [6, 6.07) is 0. The highest BCUT2D eigenvalue weighted by Gasteiger charge is 2.29. The van der Waals surface area contributed by atoms with Gasteiger partial charge in [0.15, 0.2) is 0 Å². The molecule has 0 spiro atoms. The Morgan fingerprint density at radius 3 is 3.00 bits per heavy atom. The largest absolute Gasteiger partial charge is 0.358 e. The van der Waals surface area contributed by atoms with E-state index in [2.05, 4.69) is 10.3 Å². The zero-order valence-electron chi connectivity index (χ0n) is 9.84. The number of carbonyl (C=O) groups is 1.